The van der Waals surface area contributed by atoms with Crippen LogP contribution in [0.3, 0.4) is 0 Å². The summed E-state index contributed by atoms with van der Waals surface area (Å²) in [7, 11) is 0. The maximum atomic E-state index is 13.4. The van der Waals surface area contributed by atoms with E-state index >= 15 is 0 Å². The molecule has 1 fully saturated rings. The second kappa shape index (κ2) is 10.1. The molecule has 2 aromatic heterocycles. The molecule has 10 heteroatoms. The third kappa shape index (κ3) is 5.08. The maximum absolute atomic E-state index is 13.4. The summed E-state index contributed by atoms with van der Waals surface area (Å²) in [4.78, 5) is 37.7. The number of β-amino-alcohol motifs (C(OH)–C–C–N with tert-alkyl or cyclic N) is 1. The number of amides is 2. The lowest BCUT2D eigenvalue weighted by Crippen LogP contribution is -2.46. The highest BCUT2D eigenvalue weighted by atomic mass is 32.1. The average Bonchev–Trinajstić information content (AvgIpc) is 3.52. The van der Waals surface area contributed by atoms with Gasteiger partial charge < -0.3 is 15.3 Å². The Labute approximate surface area is 206 Å². The topological polar surface area (TPSA) is 108 Å². The standard InChI is InChI=1S/C24H27N5O3S2/c1-13(2)20(22-27-15(4)34-28-22)24(32)29-11-18(30)9-19(29)23(31)25-10-16-5-7-17(8-6-16)21-14(3)26-12-33-21/h5-8,12,18-19,30H,9-11H2,1-4H3,(H,25,31)/t18-,19+/m1/s1. The Morgan fingerprint density at radius 2 is 1.94 bits per heavy atom. The molecule has 0 bridgehead atoms. The lowest BCUT2D eigenvalue weighted by Gasteiger charge is -2.24. The predicted molar refractivity (Wildman–Crippen MR) is 133 cm³/mol. The second-order valence-electron chi connectivity index (χ2n) is 8.56. The zero-order valence-electron chi connectivity index (χ0n) is 19.5. The van der Waals surface area contributed by atoms with Crippen LogP contribution in [0.5, 0.6) is 0 Å². The molecule has 1 aromatic carbocycles. The number of rotatable bonds is 6. The molecule has 2 amide bonds. The second-order valence-corrected chi connectivity index (χ2v) is 10.4. The molecule has 0 radical (unpaired) electrons. The summed E-state index contributed by atoms with van der Waals surface area (Å²) in [6.45, 7) is 7.88. The Hall–Kier alpha value is -2.95. The smallest absolute Gasteiger partial charge is 0.258 e. The zero-order chi connectivity index (χ0) is 24.4. The fourth-order valence-electron chi connectivity index (χ4n) is 4.02. The number of benzene rings is 1. The first-order valence-electron chi connectivity index (χ1n) is 11.0. The van der Waals surface area contributed by atoms with E-state index in [0.717, 1.165) is 32.3 Å². The number of aliphatic hydroxyl groups excluding tert-OH is 1. The van der Waals surface area contributed by atoms with Gasteiger partial charge in [-0.25, -0.2) is 9.97 Å². The molecule has 2 atom stereocenters. The first-order chi connectivity index (χ1) is 16.2. The Bertz CT molecular complexity index is 1230. The number of thiazole rings is 1. The SMILES string of the molecule is CC(C)=C(C(=O)N1C[C@H](O)C[C@H]1C(=O)NCc1ccc(-c2scnc2C)cc1)c1nsc(C)n1. The van der Waals surface area contributed by atoms with Gasteiger partial charge in [0.2, 0.25) is 5.91 Å². The summed E-state index contributed by atoms with van der Waals surface area (Å²) in [6.07, 6.45) is -0.564. The minimum atomic E-state index is -0.759. The van der Waals surface area contributed by atoms with E-state index in [2.05, 4.69) is 19.7 Å². The summed E-state index contributed by atoms with van der Waals surface area (Å²) in [5, 5.41) is 14.0. The summed E-state index contributed by atoms with van der Waals surface area (Å²) >= 11 is 2.82. The molecular weight excluding hydrogens is 470 g/mol. The van der Waals surface area contributed by atoms with Crippen molar-refractivity contribution in [2.45, 2.75) is 52.8 Å². The zero-order valence-corrected chi connectivity index (χ0v) is 21.2. The number of carbonyl (C=O) groups excluding carboxylic acids is 2. The molecule has 1 saturated heterocycles. The van der Waals surface area contributed by atoms with Crippen LogP contribution in [-0.4, -0.2) is 54.9 Å². The van der Waals surface area contributed by atoms with Crippen molar-refractivity contribution >= 4 is 40.3 Å². The van der Waals surface area contributed by atoms with E-state index < -0.39 is 12.1 Å². The van der Waals surface area contributed by atoms with Crippen LogP contribution in [0.2, 0.25) is 0 Å². The van der Waals surface area contributed by atoms with Gasteiger partial charge in [0, 0.05) is 19.5 Å². The molecule has 0 unspecified atom stereocenters. The summed E-state index contributed by atoms with van der Waals surface area (Å²) in [5.74, 6) is -0.258. The average molecular weight is 498 g/mol. The van der Waals surface area contributed by atoms with Crippen molar-refractivity contribution in [2.75, 3.05) is 6.54 Å². The van der Waals surface area contributed by atoms with Crippen molar-refractivity contribution in [1.29, 1.82) is 0 Å². The molecule has 1 aliphatic rings. The van der Waals surface area contributed by atoms with E-state index in [0.29, 0.717) is 17.9 Å². The normalized spacial score (nSPS) is 17.6. The van der Waals surface area contributed by atoms with Crippen molar-refractivity contribution in [2.24, 2.45) is 0 Å². The highest BCUT2D eigenvalue weighted by Gasteiger charge is 2.40. The van der Waals surface area contributed by atoms with Crippen LogP contribution in [-0.2, 0) is 16.1 Å². The number of nitrogens with one attached hydrogen (secondary N) is 1. The molecule has 34 heavy (non-hydrogen) atoms. The molecule has 178 valence electrons. The summed E-state index contributed by atoms with van der Waals surface area (Å²) < 4.78 is 4.28. The van der Waals surface area contributed by atoms with E-state index in [1.54, 1.807) is 11.3 Å². The van der Waals surface area contributed by atoms with E-state index in [-0.39, 0.29) is 24.8 Å². The largest absolute Gasteiger partial charge is 0.391 e. The van der Waals surface area contributed by atoms with Crippen molar-refractivity contribution < 1.29 is 14.7 Å². The Morgan fingerprint density at radius 1 is 1.21 bits per heavy atom. The van der Waals surface area contributed by atoms with E-state index in [9.17, 15) is 14.7 Å². The van der Waals surface area contributed by atoms with E-state index in [1.807, 2.05) is 57.5 Å². The minimum absolute atomic E-state index is 0.0969. The van der Waals surface area contributed by atoms with Gasteiger partial charge in [-0.15, -0.1) is 11.3 Å². The van der Waals surface area contributed by atoms with Gasteiger partial charge in [-0.3, -0.25) is 9.59 Å². The van der Waals surface area contributed by atoms with Gasteiger partial charge in [-0.1, -0.05) is 29.8 Å². The molecule has 2 N–H and O–H groups in total. The Balaban J connectivity index is 1.45. The van der Waals surface area contributed by atoms with Crippen molar-refractivity contribution in [3.05, 3.63) is 57.4 Å². The van der Waals surface area contributed by atoms with Crippen LogP contribution < -0.4 is 5.32 Å². The van der Waals surface area contributed by atoms with Crippen LogP contribution in [0.25, 0.3) is 16.0 Å². The van der Waals surface area contributed by atoms with Gasteiger partial charge in [0.05, 0.1) is 27.8 Å². The van der Waals surface area contributed by atoms with Crippen LogP contribution in [0.15, 0.2) is 35.3 Å². The summed E-state index contributed by atoms with van der Waals surface area (Å²) in [5.41, 5.74) is 6.00. The quantitative estimate of drug-likeness (QED) is 0.506. The third-order valence-electron chi connectivity index (χ3n) is 5.74. The predicted octanol–water partition coefficient (Wildman–Crippen LogP) is 3.35. The number of nitrogens with zero attached hydrogens (tertiary/aromatic N) is 4. The third-order valence-corrected chi connectivity index (χ3v) is 7.33. The molecule has 3 heterocycles. The number of hydrogen-bond donors (Lipinski definition) is 2. The fraction of sp³-hybridized carbons (Fsp3) is 0.375. The monoisotopic (exact) mass is 497 g/mol. The van der Waals surface area contributed by atoms with Crippen LogP contribution in [0, 0.1) is 13.8 Å². The number of carbonyl (C=O) groups is 2. The first-order valence-corrected chi connectivity index (χ1v) is 12.6. The molecule has 8 nitrogen and oxygen atoms in total. The van der Waals surface area contributed by atoms with Crippen molar-refractivity contribution in [3.63, 3.8) is 0 Å². The molecular formula is C24H27N5O3S2. The minimum Gasteiger partial charge on any atom is -0.391 e. The van der Waals surface area contributed by atoms with E-state index in [1.165, 1.54) is 16.4 Å². The van der Waals surface area contributed by atoms with Crippen LogP contribution in [0.1, 0.15) is 42.4 Å². The number of aliphatic hydroxyl groups is 1. The highest BCUT2D eigenvalue weighted by molar-refractivity contribution is 7.13. The highest BCUT2D eigenvalue weighted by Crippen LogP contribution is 2.28. The van der Waals surface area contributed by atoms with Gasteiger partial charge in [0.15, 0.2) is 5.82 Å². The van der Waals surface area contributed by atoms with Gasteiger partial charge in [0.25, 0.3) is 5.91 Å². The van der Waals surface area contributed by atoms with Gasteiger partial charge in [0.1, 0.15) is 11.0 Å². The lowest BCUT2D eigenvalue weighted by molar-refractivity contribution is -0.134. The maximum Gasteiger partial charge on any atom is 0.258 e. The number of hydrogen-bond acceptors (Lipinski definition) is 8. The molecule has 1 aliphatic heterocycles. The van der Waals surface area contributed by atoms with Crippen LogP contribution >= 0.6 is 22.9 Å². The molecule has 4 rings (SSSR count). The molecule has 3 aromatic rings. The van der Waals surface area contributed by atoms with E-state index in [4.69, 9.17) is 0 Å². The van der Waals surface area contributed by atoms with Gasteiger partial charge in [-0.05, 0) is 50.4 Å². The van der Waals surface area contributed by atoms with Crippen LogP contribution in [0.4, 0.5) is 0 Å². The summed E-state index contributed by atoms with van der Waals surface area (Å²) in [6, 6.07) is 7.22. The molecule has 0 saturated carbocycles. The molecule has 0 aliphatic carbocycles. The number of allylic oxidation sites excluding steroid dienone is 1. The number of aromatic nitrogens is 3. The van der Waals surface area contributed by atoms with Gasteiger partial charge in [-0.2, -0.15) is 4.37 Å². The Morgan fingerprint density at radius 3 is 2.53 bits per heavy atom. The fourth-order valence-corrected chi connectivity index (χ4v) is 5.31. The first kappa shape index (κ1) is 24.2. The number of aryl methyl sites for hydroxylation is 2. The van der Waals surface area contributed by atoms with Gasteiger partial charge >= 0.3 is 0 Å². The number of likely N-dealkylation sites (tertiary alicyclic amines) is 1. The Kier molecular flexibility index (Phi) is 7.20. The molecule has 0 spiro atoms. The van der Waals surface area contributed by atoms with Crippen molar-refractivity contribution in [1.82, 2.24) is 24.6 Å². The van der Waals surface area contributed by atoms with Crippen molar-refractivity contribution in [3.8, 4) is 10.4 Å². The lowest BCUT2D eigenvalue weighted by atomic mass is 10.1.